The van der Waals surface area contributed by atoms with Gasteiger partial charge in [-0.25, -0.2) is 0 Å². The van der Waals surface area contributed by atoms with E-state index in [0.29, 0.717) is 5.75 Å². The van der Waals surface area contributed by atoms with E-state index in [0.717, 1.165) is 17.1 Å². The Morgan fingerprint density at radius 2 is 1.42 bits per heavy atom. The lowest BCUT2D eigenvalue weighted by atomic mass is 10.1. The summed E-state index contributed by atoms with van der Waals surface area (Å²) >= 11 is 0. The Balaban J connectivity index is 2.06. The summed E-state index contributed by atoms with van der Waals surface area (Å²) in [6.07, 6.45) is -0.630. The first-order valence-electron chi connectivity index (χ1n) is 6.03. The first kappa shape index (κ1) is 13.4. The van der Waals surface area contributed by atoms with E-state index in [4.69, 9.17) is 15.2 Å². The number of ether oxygens (including phenoxy) is 2. The molecule has 0 saturated carbocycles. The van der Waals surface area contributed by atoms with Gasteiger partial charge in [0.15, 0.2) is 0 Å². The van der Waals surface area contributed by atoms with E-state index < -0.39 is 6.10 Å². The minimum absolute atomic E-state index is 0.207. The number of aliphatic hydroxyl groups is 1. The number of rotatable bonds is 5. The number of nitrogens with two attached hydrogens (primary N) is 1. The van der Waals surface area contributed by atoms with Crippen molar-refractivity contribution in [2.45, 2.75) is 6.10 Å². The van der Waals surface area contributed by atoms with Crippen molar-refractivity contribution in [1.82, 2.24) is 0 Å². The Labute approximate surface area is 112 Å². The summed E-state index contributed by atoms with van der Waals surface area (Å²) < 4.78 is 10.8. The van der Waals surface area contributed by atoms with Crippen molar-refractivity contribution in [1.29, 1.82) is 0 Å². The van der Waals surface area contributed by atoms with Crippen molar-refractivity contribution < 1.29 is 14.6 Å². The fraction of sp³-hybridized carbons (Fsp3) is 0.200. The zero-order chi connectivity index (χ0) is 13.7. The molecule has 1 unspecified atom stereocenters. The average Bonchev–Trinajstić information content (AvgIpc) is 2.48. The maximum absolute atomic E-state index is 9.59. The standard InChI is InChI=1S/C15H17NO3/c1-18-12-6-8-14(9-7-12)19-13-4-2-11(3-5-13)15(17)10-16/h2-9,15,17H,10,16H2,1H3. The minimum Gasteiger partial charge on any atom is -0.497 e. The molecule has 19 heavy (non-hydrogen) atoms. The first-order chi connectivity index (χ1) is 9.22. The molecule has 4 heteroatoms. The van der Waals surface area contributed by atoms with Gasteiger partial charge in [0, 0.05) is 6.54 Å². The monoisotopic (exact) mass is 259 g/mol. The van der Waals surface area contributed by atoms with Crippen molar-refractivity contribution in [3.8, 4) is 17.2 Å². The van der Waals surface area contributed by atoms with E-state index in [-0.39, 0.29) is 6.54 Å². The number of hydrogen-bond donors (Lipinski definition) is 2. The van der Waals surface area contributed by atoms with Crippen LogP contribution in [0.5, 0.6) is 17.2 Å². The molecule has 2 rings (SSSR count). The van der Waals surface area contributed by atoms with Gasteiger partial charge in [0.2, 0.25) is 0 Å². The lowest BCUT2D eigenvalue weighted by Crippen LogP contribution is -2.11. The van der Waals surface area contributed by atoms with Crippen molar-refractivity contribution in [3.05, 3.63) is 54.1 Å². The largest absolute Gasteiger partial charge is 0.497 e. The third-order valence-electron chi connectivity index (χ3n) is 2.78. The Hall–Kier alpha value is -2.04. The number of aliphatic hydroxyl groups excluding tert-OH is 1. The summed E-state index contributed by atoms with van der Waals surface area (Å²) in [5, 5.41) is 9.59. The molecule has 4 nitrogen and oxygen atoms in total. The van der Waals surface area contributed by atoms with Crippen molar-refractivity contribution in [2.75, 3.05) is 13.7 Å². The maximum atomic E-state index is 9.59. The van der Waals surface area contributed by atoms with Crippen molar-refractivity contribution >= 4 is 0 Å². The normalized spacial score (nSPS) is 11.9. The van der Waals surface area contributed by atoms with E-state index >= 15 is 0 Å². The van der Waals surface area contributed by atoms with E-state index in [9.17, 15) is 5.11 Å². The highest BCUT2D eigenvalue weighted by Crippen LogP contribution is 2.25. The molecule has 0 amide bonds. The highest BCUT2D eigenvalue weighted by molar-refractivity contribution is 5.36. The Morgan fingerprint density at radius 1 is 0.947 bits per heavy atom. The van der Waals surface area contributed by atoms with Gasteiger partial charge in [-0.3, -0.25) is 0 Å². The zero-order valence-corrected chi connectivity index (χ0v) is 10.7. The van der Waals surface area contributed by atoms with E-state index in [1.807, 2.05) is 24.3 Å². The summed E-state index contributed by atoms with van der Waals surface area (Å²) in [4.78, 5) is 0. The Kier molecular flexibility index (Phi) is 4.39. The molecule has 0 aliphatic heterocycles. The molecule has 0 aromatic heterocycles. The molecule has 0 heterocycles. The molecule has 100 valence electrons. The van der Waals surface area contributed by atoms with Crippen LogP contribution in [0.15, 0.2) is 48.5 Å². The predicted octanol–water partition coefficient (Wildman–Crippen LogP) is 2.48. The highest BCUT2D eigenvalue weighted by Gasteiger charge is 2.05. The molecule has 3 N–H and O–H groups in total. The molecule has 0 bridgehead atoms. The van der Waals surface area contributed by atoms with Gasteiger partial charge >= 0.3 is 0 Å². The second kappa shape index (κ2) is 6.22. The molecule has 2 aromatic rings. The predicted molar refractivity (Wildman–Crippen MR) is 73.5 cm³/mol. The maximum Gasteiger partial charge on any atom is 0.127 e. The molecular weight excluding hydrogens is 242 g/mol. The van der Waals surface area contributed by atoms with Gasteiger partial charge in [0.05, 0.1) is 13.2 Å². The van der Waals surface area contributed by atoms with Gasteiger partial charge in [0.1, 0.15) is 17.2 Å². The Morgan fingerprint density at radius 3 is 1.89 bits per heavy atom. The molecule has 0 aliphatic rings. The van der Waals surface area contributed by atoms with Crippen molar-refractivity contribution in [3.63, 3.8) is 0 Å². The van der Waals surface area contributed by atoms with Crippen LogP contribution in [0, 0.1) is 0 Å². The number of benzene rings is 2. The lowest BCUT2D eigenvalue weighted by molar-refractivity contribution is 0.186. The molecule has 2 aromatic carbocycles. The molecule has 0 spiro atoms. The second-order valence-electron chi connectivity index (χ2n) is 4.10. The summed E-state index contributed by atoms with van der Waals surface area (Å²) in [5.41, 5.74) is 6.18. The minimum atomic E-state index is -0.630. The molecule has 0 fully saturated rings. The highest BCUT2D eigenvalue weighted by atomic mass is 16.5. The van der Waals surface area contributed by atoms with Gasteiger partial charge in [-0.1, -0.05) is 12.1 Å². The molecule has 1 atom stereocenters. The van der Waals surface area contributed by atoms with Crippen LogP contribution in [0.4, 0.5) is 0 Å². The number of hydrogen-bond acceptors (Lipinski definition) is 4. The fourth-order valence-corrected chi connectivity index (χ4v) is 1.67. The third-order valence-corrected chi connectivity index (χ3v) is 2.78. The topological polar surface area (TPSA) is 64.7 Å². The van der Waals surface area contributed by atoms with E-state index in [1.54, 1.807) is 31.4 Å². The lowest BCUT2D eigenvalue weighted by Gasteiger charge is -2.10. The second-order valence-corrected chi connectivity index (χ2v) is 4.10. The van der Waals surface area contributed by atoms with Crippen LogP contribution in [0.3, 0.4) is 0 Å². The van der Waals surface area contributed by atoms with Crippen molar-refractivity contribution in [2.24, 2.45) is 5.73 Å². The molecule has 0 aliphatic carbocycles. The van der Waals surface area contributed by atoms with Crippen LogP contribution in [0.2, 0.25) is 0 Å². The SMILES string of the molecule is COc1ccc(Oc2ccc(C(O)CN)cc2)cc1. The summed E-state index contributed by atoms with van der Waals surface area (Å²) in [5.74, 6) is 2.22. The van der Waals surface area contributed by atoms with Crippen LogP contribution in [0.1, 0.15) is 11.7 Å². The smallest absolute Gasteiger partial charge is 0.127 e. The molecule has 0 radical (unpaired) electrons. The van der Waals surface area contributed by atoms with Gasteiger partial charge in [-0.2, -0.15) is 0 Å². The van der Waals surface area contributed by atoms with Crippen LogP contribution >= 0.6 is 0 Å². The van der Waals surface area contributed by atoms with Crippen LogP contribution in [-0.2, 0) is 0 Å². The van der Waals surface area contributed by atoms with E-state index in [2.05, 4.69) is 0 Å². The third kappa shape index (κ3) is 3.47. The van der Waals surface area contributed by atoms with Crippen LogP contribution in [0.25, 0.3) is 0 Å². The average molecular weight is 259 g/mol. The number of methoxy groups -OCH3 is 1. The van der Waals surface area contributed by atoms with Gasteiger partial charge in [-0.05, 0) is 42.0 Å². The van der Waals surface area contributed by atoms with Gasteiger partial charge in [-0.15, -0.1) is 0 Å². The summed E-state index contributed by atoms with van der Waals surface area (Å²) in [6, 6.07) is 14.6. The molecular formula is C15H17NO3. The van der Waals surface area contributed by atoms with Crippen LogP contribution in [-0.4, -0.2) is 18.8 Å². The first-order valence-corrected chi connectivity index (χ1v) is 6.03. The quantitative estimate of drug-likeness (QED) is 0.865. The Bertz CT molecular complexity index is 508. The van der Waals surface area contributed by atoms with Gasteiger partial charge in [0.25, 0.3) is 0 Å². The fourth-order valence-electron chi connectivity index (χ4n) is 1.67. The van der Waals surface area contributed by atoms with E-state index in [1.165, 1.54) is 0 Å². The van der Waals surface area contributed by atoms with Crippen LogP contribution < -0.4 is 15.2 Å². The molecule has 0 saturated heterocycles. The summed E-state index contributed by atoms with van der Waals surface area (Å²) in [6.45, 7) is 0.207. The summed E-state index contributed by atoms with van der Waals surface area (Å²) in [7, 11) is 1.62. The zero-order valence-electron chi connectivity index (χ0n) is 10.7. The van der Waals surface area contributed by atoms with Gasteiger partial charge < -0.3 is 20.3 Å².